The highest BCUT2D eigenvalue weighted by molar-refractivity contribution is 6.59. The minimum atomic E-state index is -0.131. The van der Waals surface area contributed by atoms with E-state index in [-0.39, 0.29) is 11.6 Å². The van der Waals surface area contributed by atoms with Gasteiger partial charge >= 0.3 is 0 Å². The smallest absolute Gasteiger partial charge is 0.195 e. The molecule has 0 bridgehead atoms. The molecule has 0 saturated carbocycles. The fourth-order valence-corrected chi connectivity index (χ4v) is 10.9. The molecule has 0 fully saturated rings. The summed E-state index contributed by atoms with van der Waals surface area (Å²) in [6.07, 6.45) is 28.5. The summed E-state index contributed by atoms with van der Waals surface area (Å²) in [5.74, 6) is 25.0. The average molecular weight is 1080 g/mol. The normalized spacial score (nSPS) is 13.6. The summed E-state index contributed by atoms with van der Waals surface area (Å²) < 4.78 is 6.64. The predicted molar refractivity (Wildman–Crippen MR) is 345 cm³/mol. The summed E-state index contributed by atoms with van der Waals surface area (Å²) >= 11 is 0. The largest absolute Gasteiger partial charge is 0.457 e. The monoisotopic (exact) mass is 1080 g/mol. The summed E-state index contributed by atoms with van der Waals surface area (Å²) in [6, 6.07) is 74.1. The third kappa shape index (κ3) is 11.1. The average Bonchev–Trinajstić information content (AvgIpc) is 2.07. The van der Waals surface area contributed by atoms with E-state index in [2.05, 4.69) is 47.4 Å². The first-order valence-corrected chi connectivity index (χ1v) is 27.7. The molecule has 0 aromatic heterocycles. The van der Waals surface area contributed by atoms with Gasteiger partial charge in [-0.1, -0.05) is 181 Å². The van der Waals surface area contributed by atoms with Crippen LogP contribution in [0, 0.1) is 73.1 Å². The highest BCUT2D eigenvalue weighted by Gasteiger charge is 2.38. The van der Waals surface area contributed by atoms with Crippen molar-refractivity contribution in [1.82, 2.24) is 0 Å². The van der Waals surface area contributed by atoms with E-state index >= 15 is 9.59 Å². The molecule has 3 heteroatoms. The van der Waals surface area contributed by atoms with Crippen molar-refractivity contribution in [1.29, 1.82) is 0 Å². The van der Waals surface area contributed by atoms with Gasteiger partial charge in [0.15, 0.2) is 11.6 Å². The molecule has 0 spiro atoms. The van der Waals surface area contributed by atoms with Crippen molar-refractivity contribution in [2.75, 3.05) is 0 Å². The fourth-order valence-electron chi connectivity index (χ4n) is 10.9. The minimum Gasteiger partial charge on any atom is -0.457 e. The van der Waals surface area contributed by atoms with Gasteiger partial charge in [0.1, 0.15) is 11.5 Å². The number of terminal acetylenes is 4. The van der Waals surface area contributed by atoms with Crippen molar-refractivity contribution in [3.63, 3.8) is 0 Å². The molecule has 9 aromatic rings. The second-order valence-electron chi connectivity index (χ2n) is 20.4. The Balaban J connectivity index is 0.927. The molecule has 9 aromatic carbocycles. The summed E-state index contributed by atoms with van der Waals surface area (Å²) in [5.41, 5.74) is 18.4. The van der Waals surface area contributed by atoms with Gasteiger partial charge in [0.2, 0.25) is 0 Å². The number of carbonyl (C=O) groups is 2. The molecule has 394 valence electrons. The lowest BCUT2D eigenvalue weighted by Gasteiger charge is -2.17. The summed E-state index contributed by atoms with van der Waals surface area (Å²) in [5, 5.41) is 0. The van der Waals surface area contributed by atoms with Gasteiger partial charge in [-0.3, -0.25) is 9.59 Å². The maximum absolute atomic E-state index is 15.3. The van der Waals surface area contributed by atoms with E-state index in [0.29, 0.717) is 63.3 Å². The van der Waals surface area contributed by atoms with E-state index in [0.717, 1.165) is 94.6 Å². The summed E-state index contributed by atoms with van der Waals surface area (Å²) in [6.45, 7) is 0. The predicted octanol–water partition coefficient (Wildman–Crippen LogP) is 16.6. The molecule has 85 heavy (non-hydrogen) atoms. The summed E-state index contributed by atoms with van der Waals surface area (Å²) in [7, 11) is 0. The molecule has 0 amide bonds. The van der Waals surface area contributed by atoms with Crippen molar-refractivity contribution < 1.29 is 14.3 Å². The van der Waals surface area contributed by atoms with Crippen molar-refractivity contribution in [2.45, 2.75) is 12.8 Å². The van der Waals surface area contributed by atoms with E-state index in [4.69, 9.17) is 30.4 Å². The Bertz CT molecular complexity index is 4680. The molecule has 3 nitrogen and oxygen atoms in total. The van der Waals surface area contributed by atoms with E-state index in [1.165, 1.54) is 0 Å². The van der Waals surface area contributed by atoms with Crippen LogP contribution in [-0.2, 0) is 9.59 Å². The molecular weight excluding hydrogens is 1030 g/mol. The van der Waals surface area contributed by atoms with Crippen LogP contribution in [0.3, 0.4) is 0 Å². The Morgan fingerprint density at radius 1 is 0.271 bits per heavy atom. The highest BCUT2D eigenvalue weighted by atomic mass is 16.5. The van der Waals surface area contributed by atoms with Crippen LogP contribution in [0.4, 0.5) is 0 Å². The number of ether oxygens (including phenoxy) is 1. The first-order chi connectivity index (χ1) is 41.8. The van der Waals surface area contributed by atoms with Gasteiger partial charge in [-0.2, -0.15) is 0 Å². The van der Waals surface area contributed by atoms with Crippen molar-refractivity contribution in [3.8, 4) is 84.6 Å². The van der Waals surface area contributed by atoms with E-state index < -0.39 is 0 Å². The molecule has 0 N–H and O–H groups in total. The topological polar surface area (TPSA) is 43.4 Å². The number of benzene rings is 9. The zero-order valence-corrected chi connectivity index (χ0v) is 46.0. The molecule has 0 heterocycles. The minimum absolute atomic E-state index is 0.0838. The number of hydrogen-bond donors (Lipinski definition) is 0. The quantitative estimate of drug-likeness (QED) is 0.128. The Kier molecular flexibility index (Phi) is 15.1. The van der Waals surface area contributed by atoms with Gasteiger partial charge in [-0.25, -0.2) is 0 Å². The number of Topliss-reactive ketones (excluding diaryl/α,β-unsaturated/α-hetero) is 2. The zero-order chi connectivity index (χ0) is 58.2. The maximum Gasteiger partial charge on any atom is 0.195 e. The van der Waals surface area contributed by atoms with Gasteiger partial charge in [0.25, 0.3) is 0 Å². The number of rotatable bonds is 10. The SMILES string of the molecule is C#CC1=CC=C(C2=C(c3ccc(Oc4ccc(C5=C(c6ccc(C#C)cc6)C(=O)C(c6ccc(C#C)cc6)=C5c5ccc(C#Cc6ccccc6)cc5)cc4)cc3)C(c3ccc(C#Cc4ccccc4)cc3)=C(c3ccc(C#C)cc3)C2=O)CC1. The Morgan fingerprint density at radius 2 is 0.553 bits per heavy atom. The van der Waals surface area contributed by atoms with Gasteiger partial charge in [0, 0.05) is 89.1 Å². The number of hydrogen-bond acceptors (Lipinski definition) is 3. The molecule has 12 rings (SSSR count). The van der Waals surface area contributed by atoms with Gasteiger partial charge in [0.05, 0.1) is 0 Å². The molecule has 3 aliphatic carbocycles. The lowest BCUT2D eigenvalue weighted by Crippen LogP contribution is -2.07. The Morgan fingerprint density at radius 3 is 0.859 bits per heavy atom. The molecule has 0 saturated heterocycles. The highest BCUT2D eigenvalue weighted by Crippen LogP contribution is 2.52. The van der Waals surface area contributed by atoms with Crippen LogP contribution in [0.5, 0.6) is 11.5 Å². The molecule has 0 radical (unpaired) electrons. The standard InChI is InChI=1S/C82H48O3/c1-5-55-23-35-67(36-24-55)77-73(63-43-31-61(32-44-63)21-19-59-15-11-9-12-16-59)75(79(81(77)83)69-39-27-57(7-3)28-40-69)65-47-51-71(52-48-65)85-72-53-49-66(50-54-72)76-74(64-45-33-62(34-46-64)22-20-60-17-13-10-14-18-60)78(68-37-25-56(6-2)26-38-68)82(84)80(76)70-41-29-58(8-4)30-42-70/h1-4,9-18,23-29,31-41,43-54H,30,42H2. The zero-order valence-electron chi connectivity index (χ0n) is 46.0. The maximum atomic E-state index is 15.3. The van der Waals surface area contributed by atoms with Crippen LogP contribution in [0.2, 0.25) is 0 Å². The second-order valence-corrected chi connectivity index (χ2v) is 20.4. The van der Waals surface area contributed by atoms with Crippen LogP contribution in [0.25, 0.3) is 39.0 Å². The van der Waals surface area contributed by atoms with Crippen LogP contribution in [-0.4, -0.2) is 11.6 Å². The molecule has 0 aliphatic heterocycles. The van der Waals surface area contributed by atoms with Gasteiger partial charge < -0.3 is 4.74 Å². The summed E-state index contributed by atoms with van der Waals surface area (Å²) in [4.78, 5) is 30.6. The lowest BCUT2D eigenvalue weighted by atomic mass is 9.86. The first kappa shape index (κ1) is 53.6. The van der Waals surface area contributed by atoms with Crippen molar-refractivity contribution in [2.24, 2.45) is 0 Å². The molecular formula is C82H48O3. The van der Waals surface area contributed by atoms with Crippen molar-refractivity contribution >= 4 is 50.6 Å². The third-order valence-electron chi connectivity index (χ3n) is 15.2. The van der Waals surface area contributed by atoms with Crippen LogP contribution >= 0.6 is 0 Å². The first-order valence-electron chi connectivity index (χ1n) is 27.7. The Labute approximate surface area is 496 Å². The van der Waals surface area contributed by atoms with E-state index in [1.807, 2.05) is 243 Å². The third-order valence-corrected chi connectivity index (χ3v) is 15.2. The molecule has 3 aliphatic rings. The second kappa shape index (κ2) is 23.9. The number of carbonyl (C=O) groups excluding carboxylic acids is 2. The van der Waals surface area contributed by atoms with Crippen LogP contribution in [0.1, 0.15) is 90.7 Å². The fraction of sp³-hybridized carbons (Fsp3) is 0.0244. The van der Waals surface area contributed by atoms with Gasteiger partial charge in [-0.15, -0.1) is 25.7 Å². The number of allylic oxidation sites excluding steroid dienone is 12. The Hall–Kier alpha value is -12.1. The molecule has 0 atom stereocenters. The number of ketones is 2. The van der Waals surface area contributed by atoms with E-state index in [1.54, 1.807) is 0 Å². The lowest BCUT2D eigenvalue weighted by molar-refractivity contribution is -0.110. The van der Waals surface area contributed by atoms with E-state index in [9.17, 15) is 0 Å². The van der Waals surface area contributed by atoms with Crippen LogP contribution in [0.15, 0.2) is 259 Å². The van der Waals surface area contributed by atoms with Crippen LogP contribution < -0.4 is 4.74 Å². The van der Waals surface area contributed by atoms with Crippen molar-refractivity contribution in [3.05, 3.63) is 337 Å². The van der Waals surface area contributed by atoms with Gasteiger partial charge in [-0.05, 0) is 167 Å². The molecule has 0 unspecified atom stereocenters.